The van der Waals surface area contributed by atoms with Crippen LogP contribution in [0.3, 0.4) is 0 Å². The van der Waals surface area contributed by atoms with Crippen molar-refractivity contribution in [1.82, 2.24) is 15.2 Å². The SMILES string of the molecule is CCc1nn(C)cc1C(NN)c1ccc(C)cc1C. The minimum absolute atomic E-state index is 0.00995. The number of aryl methyl sites for hydroxylation is 4. The monoisotopic (exact) mass is 258 g/mol. The molecule has 2 rings (SSSR count). The molecule has 0 aliphatic heterocycles. The van der Waals surface area contributed by atoms with Crippen LogP contribution in [0.5, 0.6) is 0 Å². The highest BCUT2D eigenvalue weighted by Crippen LogP contribution is 2.27. The lowest BCUT2D eigenvalue weighted by Gasteiger charge is -2.19. The lowest BCUT2D eigenvalue weighted by Crippen LogP contribution is -2.29. The summed E-state index contributed by atoms with van der Waals surface area (Å²) in [5.41, 5.74) is 8.88. The average molecular weight is 258 g/mol. The molecule has 0 radical (unpaired) electrons. The molecule has 1 atom stereocenters. The normalized spacial score (nSPS) is 12.7. The maximum Gasteiger partial charge on any atom is 0.0746 e. The van der Waals surface area contributed by atoms with Crippen LogP contribution in [0.15, 0.2) is 24.4 Å². The summed E-state index contributed by atoms with van der Waals surface area (Å²) in [6.07, 6.45) is 2.95. The molecule has 1 aromatic heterocycles. The summed E-state index contributed by atoms with van der Waals surface area (Å²) in [4.78, 5) is 0. The highest BCUT2D eigenvalue weighted by atomic mass is 15.3. The second-order valence-electron chi connectivity index (χ2n) is 5.02. The molecule has 4 heteroatoms. The van der Waals surface area contributed by atoms with Gasteiger partial charge in [-0.3, -0.25) is 10.5 Å². The molecule has 0 fully saturated rings. The van der Waals surface area contributed by atoms with E-state index in [0.717, 1.165) is 17.7 Å². The van der Waals surface area contributed by atoms with Crippen molar-refractivity contribution in [3.05, 3.63) is 52.3 Å². The van der Waals surface area contributed by atoms with Crippen LogP contribution >= 0.6 is 0 Å². The van der Waals surface area contributed by atoms with E-state index in [1.54, 1.807) is 0 Å². The number of nitrogens with zero attached hydrogens (tertiary/aromatic N) is 2. The topological polar surface area (TPSA) is 55.9 Å². The van der Waals surface area contributed by atoms with Gasteiger partial charge in [0, 0.05) is 18.8 Å². The minimum Gasteiger partial charge on any atom is -0.275 e. The van der Waals surface area contributed by atoms with Crippen LogP contribution < -0.4 is 11.3 Å². The van der Waals surface area contributed by atoms with Crippen LogP contribution in [0.4, 0.5) is 0 Å². The molecule has 0 aliphatic carbocycles. The van der Waals surface area contributed by atoms with Crippen molar-refractivity contribution >= 4 is 0 Å². The zero-order valence-electron chi connectivity index (χ0n) is 12.1. The Labute approximate surface area is 114 Å². The first kappa shape index (κ1) is 13.8. The molecule has 0 saturated heterocycles. The third kappa shape index (κ3) is 2.69. The zero-order valence-corrected chi connectivity index (χ0v) is 12.1. The first-order valence-corrected chi connectivity index (χ1v) is 6.62. The fraction of sp³-hybridized carbons (Fsp3) is 0.400. The molecule has 3 N–H and O–H groups in total. The van der Waals surface area contributed by atoms with Crippen molar-refractivity contribution in [1.29, 1.82) is 0 Å². The molecule has 102 valence electrons. The van der Waals surface area contributed by atoms with E-state index in [-0.39, 0.29) is 6.04 Å². The Hall–Kier alpha value is -1.65. The maximum atomic E-state index is 5.79. The van der Waals surface area contributed by atoms with Crippen LogP contribution in [0.25, 0.3) is 0 Å². The van der Waals surface area contributed by atoms with Gasteiger partial charge in [0.05, 0.1) is 11.7 Å². The summed E-state index contributed by atoms with van der Waals surface area (Å²) < 4.78 is 1.85. The van der Waals surface area contributed by atoms with Gasteiger partial charge in [-0.2, -0.15) is 5.10 Å². The van der Waals surface area contributed by atoms with Crippen LogP contribution in [0, 0.1) is 13.8 Å². The minimum atomic E-state index is -0.00995. The Morgan fingerprint density at radius 1 is 1.32 bits per heavy atom. The fourth-order valence-electron chi connectivity index (χ4n) is 2.57. The van der Waals surface area contributed by atoms with Gasteiger partial charge in [0.2, 0.25) is 0 Å². The highest BCUT2D eigenvalue weighted by Gasteiger charge is 2.19. The quantitative estimate of drug-likeness (QED) is 0.652. The standard InChI is InChI=1S/C15H22N4/c1-5-14-13(9-19(4)18-14)15(17-16)12-7-6-10(2)8-11(12)3/h6-9,15,17H,5,16H2,1-4H3. The summed E-state index contributed by atoms with van der Waals surface area (Å²) in [6, 6.07) is 6.43. The van der Waals surface area contributed by atoms with Gasteiger partial charge >= 0.3 is 0 Å². The van der Waals surface area contributed by atoms with E-state index in [2.05, 4.69) is 49.5 Å². The van der Waals surface area contributed by atoms with E-state index in [1.165, 1.54) is 16.7 Å². The Bertz CT molecular complexity index is 572. The van der Waals surface area contributed by atoms with E-state index in [4.69, 9.17) is 5.84 Å². The molecule has 1 heterocycles. The Morgan fingerprint density at radius 2 is 2.05 bits per heavy atom. The van der Waals surface area contributed by atoms with E-state index in [9.17, 15) is 0 Å². The number of hydrogen-bond donors (Lipinski definition) is 2. The summed E-state index contributed by atoms with van der Waals surface area (Å²) in [5, 5.41) is 4.49. The van der Waals surface area contributed by atoms with Gasteiger partial charge in [0.15, 0.2) is 0 Å². The number of aromatic nitrogens is 2. The van der Waals surface area contributed by atoms with Crippen molar-refractivity contribution < 1.29 is 0 Å². The van der Waals surface area contributed by atoms with Gasteiger partial charge in [-0.1, -0.05) is 30.7 Å². The molecule has 0 amide bonds. The van der Waals surface area contributed by atoms with Crippen molar-refractivity contribution in [2.75, 3.05) is 0 Å². The number of rotatable bonds is 4. The van der Waals surface area contributed by atoms with Gasteiger partial charge in [-0.25, -0.2) is 5.43 Å². The van der Waals surface area contributed by atoms with Gasteiger partial charge in [0.25, 0.3) is 0 Å². The molecule has 2 aromatic rings. The number of nitrogens with one attached hydrogen (secondary N) is 1. The molecular formula is C15H22N4. The van der Waals surface area contributed by atoms with Crippen LogP contribution in [0.2, 0.25) is 0 Å². The molecule has 19 heavy (non-hydrogen) atoms. The molecular weight excluding hydrogens is 236 g/mol. The summed E-state index contributed by atoms with van der Waals surface area (Å²) in [6.45, 7) is 6.33. The van der Waals surface area contributed by atoms with Gasteiger partial charge in [-0.05, 0) is 31.4 Å². The summed E-state index contributed by atoms with van der Waals surface area (Å²) in [7, 11) is 1.94. The van der Waals surface area contributed by atoms with Crippen molar-refractivity contribution in [3.8, 4) is 0 Å². The van der Waals surface area contributed by atoms with Crippen LogP contribution in [-0.4, -0.2) is 9.78 Å². The number of benzene rings is 1. The van der Waals surface area contributed by atoms with Gasteiger partial charge in [-0.15, -0.1) is 0 Å². The first-order chi connectivity index (χ1) is 9.06. The van der Waals surface area contributed by atoms with Crippen molar-refractivity contribution in [2.45, 2.75) is 33.2 Å². The van der Waals surface area contributed by atoms with Crippen molar-refractivity contribution in [2.24, 2.45) is 12.9 Å². The van der Waals surface area contributed by atoms with Crippen LogP contribution in [-0.2, 0) is 13.5 Å². The van der Waals surface area contributed by atoms with E-state index in [0.29, 0.717) is 0 Å². The Balaban J connectivity index is 2.49. The molecule has 0 aliphatic rings. The molecule has 0 saturated carbocycles. The molecule has 1 aromatic carbocycles. The maximum absolute atomic E-state index is 5.79. The predicted octanol–water partition coefficient (Wildman–Crippen LogP) is 2.15. The first-order valence-electron chi connectivity index (χ1n) is 6.62. The number of hydrazine groups is 1. The fourth-order valence-corrected chi connectivity index (χ4v) is 2.57. The molecule has 0 spiro atoms. The highest BCUT2D eigenvalue weighted by molar-refractivity contribution is 5.39. The van der Waals surface area contributed by atoms with E-state index in [1.807, 2.05) is 17.9 Å². The molecule has 0 bridgehead atoms. The van der Waals surface area contributed by atoms with Crippen molar-refractivity contribution in [3.63, 3.8) is 0 Å². The van der Waals surface area contributed by atoms with E-state index >= 15 is 0 Å². The summed E-state index contributed by atoms with van der Waals surface area (Å²) >= 11 is 0. The summed E-state index contributed by atoms with van der Waals surface area (Å²) in [5.74, 6) is 5.79. The predicted molar refractivity (Wildman–Crippen MR) is 77.7 cm³/mol. The number of nitrogens with two attached hydrogens (primary N) is 1. The zero-order chi connectivity index (χ0) is 14.0. The third-order valence-electron chi connectivity index (χ3n) is 3.49. The second kappa shape index (κ2) is 5.55. The molecule has 1 unspecified atom stereocenters. The van der Waals surface area contributed by atoms with Gasteiger partial charge < -0.3 is 0 Å². The molecule has 4 nitrogen and oxygen atoms in total. The van der Waals surface area contributed by atoms with Gasteiger partial charge in [0.1, 0.15) is 0 Å². The lowest BCUT2D eigenvalue weighted by molar-refractivity contribution is 0.628. The Morgan fingerprint density at radius 3 is 2.63 bits per heavy atom. The average Bonchev–Trinajstić information content (AvgIpc) is 2.74. The number of hydrogen-bond acceptors (Lipinski definition) is 3. The smallest absolute Gasteiger partial charge is 0.0746 e. The largest absolute Gasteiger partial charge is 0.275 e. The van der Waals surface area contributed by atoms with Crippen LogP contribution in [0.1, 0.15) is 40.9 Å². The Kier molecular flexibility index (Phi) is 4.02. The second-order valence-corrected chi connectivity index (χ2v) is 5.02. The van der Waals surface area contributed by atoms with E-state index < -0.39 is 0 Å². The lowest BCUT2D eigenvalue weighted by atomic mass is 9.94. The third-order valence-corrected chi connectivity index (χ3v) is 3.49.